The van der Waals surface area contributed by atoms with Gasteiger partial charge in [-0.05, 0) is 12.8 Å². The van der Waals surface area contributed by atoms with Gasteiger partial charge >= 0.3 is 0 Å². The second kappa shape index (κ2) is 23.5. The number of hydrogen-bond acceptors (Lipinski definition) is 9. The van der Waals surface area contributed by atoms with Crippen molar-refractivity contribution in [2.75, 3.05) is 59.5 Å². The molecule has 9 heteroatoms. The molecular formula is C27H52O9. The number of ketones is 1. The third-order valence-electron chi connectivity index (χ3n) is 6.34. The van der Waals surface area contributed by atoms with Gasteiger partial charge in [0.25, 0.3) is 0 Å². The predicted octanol–water partition coefficient (Wildman–Crippen LogP) is 2.80. The van der Waals surface area contributed by atoms with E-state index in [1.54, 1.807) is 0 Å². The van der Waals surface area contributed by atoms with Crippen LogP contribution in [-0.4, -0.2) is 105 Å². The van der Waals surface area contributed by atoms with Crippen LogP contribution in [0.2, 0.25) is 0 Å². The predicted molar refractivity (Wildman–Crippen MR) is 137 cm³/mol. The van der Waals surface area contributed by atoms with Crippen LogP contribution < -0.4 is 0 Å². The summed E-state index contributed by atoms with van der Waals surface area (Å²) in [6.45, 7) is 3.18. The number of unbranched alkanes of at least 4 members (excludes halogenated alkanes) is 8. The van der Waals surface area contributed by atoms with Gasteiger partial charge in [0, 0.05) is 19.4 Å². The SMILES string of the molecule is CCCCCCCCCCCC(=O)CCCOCC(OCCO)C1OCC(OCCO)C1OCCO. The van der Waals surface area contributed by atoms with Crippen molar-refractivity contribution < 1.29 is 43.8 Å². The third-order valence-corrected chi connectivity index (χ3v) is 6.34. The molecule has 214 valence electrons. The van der Waals surface area contributed by atoms with E-state index in [0.29, 0.717) is 25.9 Å². The first-order valence-corrected chi connectivity index (χ1v) is 14.1. The molecule has 4 atom stereocenters. The first-order chi connectivity index (χ1) is 17.7. The fraction of sp³-hybridized carbons (Fsp3) is 0.963. The molecule has 0 aliphatic carbocycles. The van der Waals surface area contributed by atoms with Crippen LogP contribution in [0.1, 0.15) is 84.0 Å². The largest absolute Gasteiger partial charge is 0.394 e. The number of rotatable bonds is 26. The van der Waals surface area contributed by atoms with Crippen molar-refractivity contribution in [3.8, 4) is 0 Å². The number of carbonyl (C=O) groups excluding carboxylic acids is 1. The number of carbonyl (C=O) groups is 1. The van der Waals surface area contributed by atoms with Gasteiger partial charge in [0.15, 0.2) is 0 Å². The van der Waals surface area contributed by atoms with E-state index in [1.807, 2.05) is 0 Å². The van der Waals surface area contributed by atoms with Crippen LogP contribution in [0.25, 0.3) is 0 Å². The van der Waals surface area contributed by atoms with E-state index in [9.17, 15) is 9.90 Å². The van der Waals surface area contributed by atoms with Gasteiger partial charge in [0.2, 0.25) is 0 Å². The van der Waals surface area contributed by atoms with Crippen LogP contribution in [0, 0.1) is 0 Å². The summed E-state index contributed by atoms with van der Waals surface area (Å²) in [6.07, 6.45) is 11.1. The van der Waals surface area contributed by atoms with Crippen molar-refractivity contribution in [3.05, 3.63) is 0 Å². The number of hydrogen-bond donors (Lipinski definition) is 3. The maximum absolute atomic E-state index is 12.2. The highest BCUT2D eigenvalue weighted by Gasteiger charge is 2.44. The molecule has 0 saturated carbocycles. The highest BCUT2D eigenvalue weighted by Crippen LogP contribution is 2.25. The summed E-state index contributed by atoms with van der Waals surface area (Å²) in [5, 5.41) is 27.4. The van der Waals surface area contributed by atoms with Crippen LogP contribution in [0.3, 0.4) is 0 Å². The van der Waals surface area contributed by atoms with Gasteiger partial charge in [-0.2, -0.15) is 0 Å². The smallest absolute Gasteiger partial charge is 0.132 e. The molecule has 0 aromatic rings. The Bertz CT molecular complexity index is 506. The maximum Gasteiger partial charge on any atom is 0.132 e. The van der Waals surface area contributed by atoms with Crippen molar-refractivity contribution >= 4 is 5.78 Å². The topological polar surface area (TPSA) is 124 Å². The molecule has 1 aliphatic heterocycles. The molecule has 36 heavy (non-hydrogen) atoms. The van der Waals surface area contributed by atoms with Gasteiger partial charge in [-0.15, -0.1) is 0 Å². The fourth-order valence-electron chi connectivity index (χ4n) is 4.43. The first kappa shape index (κ1) is 33.4. The summed E-state index contributed by atoms with van der Waals surface area (Å²) < 4.78 is 28.8. The average molecular weight is 521 g/mol. The molecule has 0 radical (unpaired) electrons. The van der Waals surface area contributed by atoms with Gasteiger partial charge < -0.3 is 39.0 Å². The molecule has 0 amide bonds. The second-order valence-electron chi connectivity index (χ2n) is 9.42. The van der Waals surface area contributed by atoms with Gasteiger partial charge in [-0.3, -0.25) is 4.79 Å². The van der Waals surface area contributed by atoms with Crippen molar-refractivity contribution in [1.29, 1.82) is 0 Å². The van der Waals surface area contributed by atoms with E-state index in [-0.39, 0.29) is 58.6 Å². The molecule has 9 nitrogen and oxygen atoms in total. The van der Waals surface area contributed by atoms with E-state index >= 15 is 0 Å². The van der Waals surface area contributed by atoms with Gasteiger partial charge in [0.1, 0.15) is 30.2 Å². The highest BCUT2D eigenvalue weighted by molar-refractivity contribution is 5.78. The lowest BCUT2D eigenvalue weighted by Gasteiger charge is -2.29. The molecule has 4 unspecified atom stereocenters. The van der Waals surface area contributed by atoms with E-state index in [1.165, 1.54) is 44.9 Å². The van der Waals surface area contributed by atoms with Crippen molar-refractivity contribution in [1.82, 2.24) is 0 Å². The van der Waals surface area contributed by atoms with Crippen LogP contribution in [0.15, 0.2) is 0 Å². The number of ether oxygens (including phenoxy) is 5. The quantitative estimate of drug-likeness (QED) is 0.148. The molecular weight excluding hydrogens is 468 g/mol. The monoisotopic (exact) mass is 520 g/mol. The molecule has 0 aromatic carbocycles. The Kier molecular flexibility index (Phi) is 21.8. The minimum Gasteiger partial charge on any atom is -0.394 e. The van der Waals surface area contributed by atoms with Gasteiger partial charge in [-0.1, -0.05) is 58.3 Å². The zero-order chi connectivity index (χ0) is 26.3. The lowest BCUT2D eigenvalue weighted by Crippen LogP contribution is -2.45. The van der Waals surface area contributed by atoms with Gasteiger partial charge in [-0.25, -0.2) is 0 Å². The minimum absolute atomic E-state index is 0.112. The zero-order valence-corrected chi connectivity index (χ0v) is 22.4. The van der Waals surface area contributed by atoms with Crippen LogP contribution in [-0.2, 0) is 28.5 Å². The number of aliphatic hydroxyl groups excluding tert-OH is 3. The normalized spacial score (nSPS) is 20.7. The lowest BCUT2D eigenvalue weighted by molar-refractivity contribution is -0.135. The molecule has 1 fully saturated rings. The Morgan fingerprint density at radius 1 is 0.806 bits per heavy atom. The zero-order valence-electron chi connectivity index (χ0n) is 22.4. The molecule has 0 spiro atoms. The standard InChI is InChI=1S/C27H52O9/c1-2-3-4-5-6-7-8-9-10-12-23(31)13-11-17-32-21-24(33-18-14-28)27-26(35-20-16-30)25(22-36-27)34-19-15-29/h24-30H,2-22H2,1H3. The number of Topliss-reactive ketones (excluding diaryl/α,β-unsaturated/α-hetero) is 1. The van der Waals surface area contributed by atoms with Crippen molar-refractivity contribution in [3.63, 3.8) is 0 Å². The van der Waals surface area contributed by atoms with E-state index in [2.05, 4.69) is 6.92 Å². The van der Waals surface area contributed by atoms with E-state index in [0.717, 1.165) is 12.8 Å². The van der Waals surface area contributed by atoms with Crippen LogP contribution in [0.5, 0.6) is 0 Å². The summed E-state index contributed by atoms with van der Waals surface area (Å²) in [5.74, 6) is 0.287. The van der Waals surface area contributed by atoms with E-state index in [4.69, 9.17) is 33.9 Å². The summed E-state index contributed by atoms with van der Waals surface area (Å²) >= 11 is 0. The van der Waals surface area contributed by atoms with Crippen molar-refractivity contribution in [2.24, 2.45) is 0 Å². The lowest BCUT2D eigenvalue weighted by atomic mass is 10.0. The van der Waals surface area contributed by atoms with Gasteiger partial charge in [0.05, 0.1) is 52.9 Å². The summed E-state index contributed by atoms with van der Waals surface area (Å²) in [4.78, 5) is 12.2. The Labute approximate surface area is 217 Å². The summed E-state index contributed by atoms with van der Waals surface area (Å²) in [5.41, 5.74) is 0. The fourth-order valence-corrected chi connectivity index (χ4v) is 4.43. The molecule has 0 bridgehead atoms. The maximum atomic E-state index is 12.2. The highest BCUT2D eigenvalue weighted by atomic mass is 16.6. The molecule has 3 N–H and O–H groups in total. The number of aliphatic hydroxyl groups is 3. The third kappa shape index (κ3) is 15.6. The molecule has 1 rings (SSSR count). The molecule has 1 aliphatic rings. The second-order valence-corrected chi connectivity index (χ2v) is 9.42. The van der Waals surface area contributed by atoms with Crippen LogP contribution >= 0.6 is 0 Å². The van der Waals surface area contributed by atoms with Crippen LogP contribution in [0.4, 0.5) is 0 Å². The summed E-state index contributed by atoms with van der Waals surface area (Å²) in [6, 6.07) is 0. The molecule has 1 heterocycles. The first-order valence-electron chi connectivity index (χ1n) is 14.1. The Morgan fingerprint density at radius 2 is 1.42 bits per heavy atom. The summed E-state index contributed by atoms with van der Waals surface area (Å²) in [7, 11) is 0. The Morgan fingerprint density at radius 3 is 2.08 bits per heavy atom. The minimum atomic E-state index is -0.500. The van der Waals surface area contributed by atoms with E-state index < -0.39 is 24.4 Å². The average Bonchev–Trinajstić information content (AvgIpc) is 3.29. The Hall–Kier alpha value is -0.650. The molecule has 1 saturated heterocycles. The Balaban J connectivity index is 2.27. The van der Waals surface area contributed by atoms with Crippen molar-refractivity contribution in [2.45, 2.75) is 108 Å². The molecule has 0 aromatic heterocycles.